The topological polar surface area (TPSA) is 70.6 Å². The standard InChI is InChI=1S/C27H29N3O2/c1-3-4-6-15-25(21-12-7-5-8-13-21)29-30-26(31)22-16-18-23(19-17-22)28-27(32)24-14-10-9-11-20(24)2/h5,7-14,16-19H,3-4,6,15H2,1-2H3,(H,28,32)(H,30,31). The summed E-state index contributed by atoms with van der Waals surface area (Å²) in [5.41, 5.74) is 7.20. The fourth-order valence-corrected chi connectivity index (χ4v) is 3.35. The van der Waals surface area contributed by atoms with Gasteiger partial charge < -0.3 is 5.32 Å². The summed E-state index contributed by atoms with van der Waals surface area (Å²) in [6.45, 7) is 4.06. The summed E-state index contributed by atoms with van der Waals surface area (Å²) in [4.78, 5) is 25.1. The highest BCUT2D eigenvalue weighted by Gasteiger charge is 2.10. The highest BCUT2D eigenvalue weighted by atomic mass is 16.2. The van der Waals surface area contributed by atoms with Gasteiger partial charge in [0.05, 0.1) is 5.71 Å². The van der Waals surface area contributed by atoms with E-state index in [0.29, 0.717) is 16.8 Å². The third kappa shape index (κ3) is 6.38. The van der Waals surface area contributed by atoms with E-state index in [1.54, 1.807) is 30.3 Å². The molecule has 0 aliphatic carbocycles. The zero-order valence-electron chi connectivity index (χ0n) is 18.6. The van der Waals surface area contributed by atoms with Crippen LogP contribution in [0.1, 0.15) is 64.4 Å². The maximum Gasteiger partial charge on any atom is 0.271 e. The van der Waals surface area contributed by atoms with Crippen molar-refractivity contribution in [1.82, 2.24) is 5.43 Å². The molecule has 2 N–H and O–H groups in total. The number of hydrazone groups is 1. The Morgan fingerprint density at radius 2 is 1.47 bits per heavy atom. The second-order valence-electron chi connectivity index (χ2n) is 7.67. The molecule has 0 atom stereocenters. The van der Waals surface area contributed by atoms with Crippen LogP contribution in [0.5, 0.6) is 0 Å². The Morgan fingerprint density at radius 1 is 0.781 bits per heavy atom. The minimum absolute atomic E-state index is 0.176. The fraction of sp³-hybridized carbons (Fsp3) is 0.222. The first-order valence-electron chi connectivity index (χ1n) is 11.0. The third-order valence-corrected chi connectivity index (χ3v) is 5.21. The summed E-state index contributed by atoms with van der Waals surface area (Å²) in [5, 5.41) is 7.28. The fourth-order valence-electron chi connectivity index (χ4n) is 3.35. The van der Waals surface area contributed by atoms with Gasteiger partial charge in [-0.15, -0.1) is 0 Å². The van der Waals surface area contributed by atoms with Crippen LogP contribution in [0, 0.1) is 6.92 Å². The van der Waals surface area contributed by atoms with Gasteiger partial charge in [0, 0.05) is 16.8 Å². The van der Waals surface area contributed by atoms with Crippen LogP contribution in [0.4, 0.5) is 5.69 Å². The summed E-state index contributed by atoms with van der Waals surface area (Å²) in [5.74, 6) is -0.463. The molecule has 0 radical (unpaired) electrons. The lowest BCUT2D eigenvalue weighted by atomic mass is 10.0. The van der Waals surface area contributed by atoms with Crippen molar-refractivity contribution in [3.8, 4) is 0 Å². The average molecular weight is 428 g/mol. The van der Waals surface area contributed by atoms with E-state index in [2.05, 4.69) is 22.8 Å². The number of hydrogen-bond acceptors (Lipinski definition) is 3. The molecule has 0 aliphatic rings. The summed E-state index contributed by atoms with van der Waals surface area (Å²) in [6, 6.07) is 24.1. The van der Waals surface area contributed by atoms with Crippen LogP contribution in [0.2, 0.25) is 0 Å². The van der Waals surface area contributed by atoms with Gasteiger partial charge in [-0.2, -0.15) is 5.10 Å². The van der Waals surface area contributed by atoms with Gasteiger partial charge in [0.25, 0.3) is 11.8 Å². The van der Waals surface area contributed by atoms with Crippen molar-refractivity contribution in [2.24, 2.45) is 5.10 Å². The molecular formula is C27H29N3O2. The van der Waals surface area contributed by atoms with Gasteiger partial charge in [-0.05, 0) is 61.2 Å². The number of rotatable bonds is 9. The molecule has 3 aromatic carbocycles. The summed E-state index contributed by atoms with van der Waals surface area (Å²) < 4.78 is 0. The van der Waals surface area contributed by atoms with Gasteiger partial charge in [0.15, 0.2) is 0 Å². The normalized spacial score (nSPS) is 11.1. The lowest BCUT2D eigenvalue weighted by Gasteiger charge is -2.09. The van der Waals surface area contributed by atoms with Crippen LogP contribution in [0.15, 0.2) is 84.0 Å². The van der Waals surface area contributed by atoms with Crippen molar-refractivity contribution in [1.29, 1.82) is 0 Å². The molecule has 0 saturated carbocycles. The predicted molar refractivity (Wildman–Crippen MR) is 130 cm³/mol. The maximum atomic E-state index is 12.6. The number of hydrogen-bond donors (Lipinski definition) is 2. The lowest BCUT2D eigenvalue weighted by Crippen LogP contribution is -2.20. The van der Waals surface area contributed by atoms with Crippen LogP contribution in [0.25, 0.3) is 0 Å². The molecule has 0 saturated heterocycles. The second kappa shape index (κ2) is 11.6. The van der Waals surface area contributed by atoms with E-state index < -0.39 is 0 Å². The van der Waals surface area contributed by atoms with Crippen molar-refractivity contribution < 1.29 is 9.59 Å². The summed E-state index contributed by atoms with van der Waals surface area (Å²) in [7, 11) is 0. The van der Waals surface area contributed by atoms with E-state index in [9.17, 15) is 9.59 Å². The Labute approximate surface area is 189 Å². The Bertz CT molecular complexity index is 1070. The van der Waals surface area contributed by atoms with Gasteiger partial charge in [0.1, 0.15) is 0 Å². The monoisotopic (exact) mass is 427 g/mol. The molecule has 0 bridgehead atoms. The van der Waals surface area contributed by atoms with Crippen LogP contribution >= 0.6 is 0 Å². The van der Waals surface area contributed by atoms with Crippen LogP contribution < -0.4 is 10.7 Å². The Morgan fingerprint density at radius 3 is 2.16 bits per heavy atom. The van der Waals surface area contributed by atoms with E-state index in [0.717, 1.165) is 42.5 Å². The predicted octanol–water partition coefficient (Wildman–Crippen LogP) is 5.96. The van der Waals surface area contributed by atoms with E-state index in [4.69, 9.17) is 0 Å². The molecule has 3 rings (SSSR count). The van der Waals surface area contributed by atoms with Gasteiger partial charge >= 0.3 is 0 Å². The Hall–Kier alpha value is -3.73. The molecule has 0 heterocycles. The van der Waals surface area contributed by atoms with E-state index in [1.165, 1.54) is 0 Å². The minimum atomic E-state index is -0.286. The summed E-state index contributed by atoms with van der Waals surface area (Å²) in [6.07, 6.45) is 4.08. The van der Waals surface area contributed by atoms with Gasteiger partial charge in [-0.25, -0.2) is 5.43 Å². The zero-order valence-corrected chi connectivity index (χ0v) is 18.6. The number of nitrogens with one attached hydrogen (secondary N) is 2. The van der Waals surface area contributed by atoms with Crippen molar-refractivity contribution in [3.05, 3.63) is 101 Å². The lowest BCUT2D eigenvalue weighted by molar-refractivity contribution is 0.0954. The van der Waals surface area contributed by atoms with E-state index in [1.807, 2.05) is 55.5 Å². The minimum Gasteiger partial charge on any atom is -0.322 e. The van der Waals surface area contributed by atoms with E-state index in [-0.39, 0.29) is 11.8 Å². The van der Waals surface area contributed by atoms with Crippen molar-refractivity contribution in [3.63, 3.8) is 0 Å². The molecule has 5 heteroatoms. The van der Waals surface area contributed by atoms with Gasteiger partial charge in [-0.1, -0.05) is 68.3 Å². The maximum absolute atomic E-state index is 12.6. The quantitative estimate of drug-likeness (QED) is 0.251. The van der Waals surface area contributed by atoms with Crippen LogP contribution in [0.3, 0.4) is 0 Å². The number of carbonyl (C=O) groups is 2. The van der Waals surface area contributed by atoms with E-state index >= 15 is 0 Å². The Kier molecular flexibility index (Phi) is 8.32. The molecule has 0 aromatic heterocycles. The number of unbranched alkanes of at least 4 members (excludes halogenated alkanes) is 2. The first kappa shape index (κ1) is 22.9. The van der Waals surface area contributed by atoms with Crippen molar-refractivity contribution in [2.75, 3.05) is 5.32 Å². The Balaban J connectivity index is 1.65. The molecule has 0 spiro atoms. The smallest absolute Gasteiger partial charge is 0.271 e. The average Bonchev–Trinajstić information content (AvgIpc) is 2.82. The number of anilines is 1. The third-order valence-electron chi connectivity index (χ3n) is 5.21. The highest BCUT2D eigenvalue weighted by molar-refractivity contribution is 6.05. The molecule has 5 nitrogen and oxygen atoms in total. The largest absolute Gasteiger partial charge is 0.322 e. The van der Waals surface area contributed by atoms with Gasteiger partial charge in [-0.3, -0.25) is 9.59 Å². The molecule has 0 unspecified atom stereocenters. The first-order valence-corrected chi connectivity index (χ1v) is 11.0. The number of benzene rings is 3. The molecule has 3 aromatic rings. The number of amides is 2. The van der Waals surface area contributed by atoms with Crippen LogP contribution in [-0.2, 0) is 0 Å². The van der Waals surface area contributed by atoms with Crippen molar-refractivity contribution >= 4 is 23.2 Å². The zero-order chi connectivity index (χ0) is 22.8. The molecule has 32 heavy (non-hydrogen) atoms. The first-order chi connectivity index (χ1) is 15.6. The van der Waals surface area contributed by atoms with Crippen LogP contribution in [-0.4, -0.2) is 17.5 Å². The number of carbonyl (C=O) groups excluding carboxylic acids is 2. The molecule has 2 amide bonds. The molecular weight excluding hydrogens is 398 g/mol. The van der Waals surface area contributed by atoms with Gasteiger partial charge in [0.2, 0.25) is 0 Å². The number of aryl methyl sites for hydroxylation is 1. The molecule has 0 aliphatic heterocycles. The molecule has 164 valence electrons. The SMILES string of the molecule is CCCCCC(=NNC(=O)c1ccc(NC(=O)c2ccccc2C)cc1)c1ccccc1. The summed E-state index contributed by atoms with van der Waals surface area (Å²) >= 11 is 0. The highest BCUT2D eigenvalue weighted by Crippen LogP contribution is 2.14. The molecule has 0 fully saturated rings. The second-order valence-corrected chi connectivity index (χ2v) is 7.67. The number of nitrogens with zero attached hydrogens (tertiary/aromatic N) is 1. The van der Waals surface area contributed by atoms with Crippen molar-refractivity contribution in [2.45, 2.75) is 39.5 Å².